The SMILES string of the molecule is CC(=O)O.CC(=O)O.CCCCCCOc1ccnc(-c2cc(OCCCCCC)ccn2)c1.[Cl][Pt][Cl]. The number of aliphatic carboxylic acids is 2. The number of hydrogen-bond acceptors (Lipinski definition) is 6. The maximum atomic E-state index is 9.00. The Morgan fingerprint density at radius 3 is 1.38 bits per heavy atom. The van der Waals surface area contributed by atoms with Gasteiger partial charge in [0.1, 0.15) is 11.5 Å². The molecule has 214 valence electrons. The Morgan fingerprint density at radius 2 is 1.08 bits per heavy atom. The van der Waals surface area contributed by atoms with Crippen LogP contribution in [0.1, 0.15) is 79.1 Å². The van der Waals surface area contributed by atoms with Crippen LogP contribution in [0.3, 0.4) is 0 Å². The summed E-state index contributed by atoms with van der Waals surface area (Å²) < 4.78 is 11.7. The van der Waals surface area contributed by atoms with Crippen LogP contribution in [-0.2, 0) is 26.1 Å². The molecule has 0 aliphatic heterocycles. The van der Waals surface area contributed by atoms with E-state index in [-0.39, 0.29) is 0 Å². The van der Waals surface area contributed by atoms with Gasteiger partial charge in [-0.05, 0) is 25.0 Å². The summed E-state index contributed by atoms with van der Waals surface area (Å²) in [5.41, 5.74) is 1.62. The van der Waals surface area contributed by atoms with Gasteiger partial charge >= 0.3 is 35.3 Å². The monoisotopic (exact) mass is 741 g/mol. The zero-order chi connectivity index (χ0) is 28.3. The van der Waals surface area contributed by atoms with Crippen LogP contribution in [0.25, 0.3) is 11.4 Å². The van der Waals surface area contributed by atoms with E-state index in [0.29, 0.717) is 0 Å². The van der Waals surface area contributed by atoms with E-state index >= 15 is 0 Å². The van der Waals surface area contributed by atoms with Crippen molar-refractivity contribution in [2.45, 2.75) is 79.1 Å². The number of halogens is 2. The first-order chi connectivity index (χ1) is 17.7. The van der Waals surface area contributed by atoms with Crippen molar-refractivity contribution in [3.05, 3.63) is 36.7 Å². The normalized spacial score (nSPS) is 9.46. The Hall–Kier alpha value is -1.89. The molecule has 0 fully saturated rings. The van der Waals surface area contributed by atoms with E-state index in [0.717, 1.165) is 62.8 Å². The van der Waals surface area contributed by atoms with Crippen molar-refractivity contribution in [3.8, 4) is 22.9 Å². The molecule has 0 saturated carbocycles. The summed E-state index contributed by atoms with van der Waals surface area (Å²) in [5.74, 6) is 0.0263. The molecule has 0 amide bonds. The predicted molar refractivity (Wildman–Crippen MR) is 145 cm³/mol. The van der Waals surface area contributed by atoms with Crippen LogP contribution in [0.4, 0.5) is 0 Å². The van der Waals surface area contributed by atoms with Crippen molar-refractivity contribution in [1.82, 2.24) is 9.97 Å². The molecule has 37 heavy (non-hydrogen) atoms. The molecule has 2 heterocycles. The first-order valence-electron chi connectivity index (χ1n) is 12.1. The van der Waals surface area contributed by atoms with Crippen molar-refractivity contribution >= 4 is 30.8 Å². The second kappa shape index (κ2) is 27.2. The number of unbranched alkanes of at least 4 members (excludes halogenated alkanes) is 6. The molecule has 0 aliphatic carbocycles. The Morgan fingerprint density at radius 1 is 0.757 bits per heavy atom. The molecule has 2 N–H and O–H groups in total. The number of rotatable bonds is 13. The molecule has 2 aromatic heterocycles. The molecule has 0 spiro atoms. The van der Waals surface area contributed by atoms with Gasteiger partial charge in [-0.3, -0.25) is 19.6 Å². The number of carbonyl (C=O) groups is 2. The van der Waals surface area contributed by atoms with Gasteiger partial charge in [-0.2, -0.15) is 0 Å². The molecule has 0 radical (unpaired) electrons. The first-order valence-corrected chi connectivity index (χ1v) is 17.7. The molecule has 0 aromatic carbocycles. The van der Waals surface area contributed by atoms with E-state index in [4.69, 9.17) is 48.1 Å². The van der Waals surface area contributed by atoms with Gasteiger partial charge in [0.15, 0.2) is 0 Å². The van der Waals surface area contributed by atoms with Crippen molar-refractivity contribution in [2.24, 2.45) is 0 Å². The van der Waals surface area contributed by atoms with E-state index in [9.17, 15) is 0 Å². The average Bonchev–Trinajstić information content (AvgIpc) is 2.84. The molecular formula is C26H40Cl2N2O6Pt. The van der Waals surface area contributed by atoms with Gasteiger partial charge < -0.3 is 19.7 Å². The maximum absolute atomic E-state index is 9.00. The van der Waals surface area contributed by atoms with Crippen LogP contribution >= 0.6 is 18.8 Å². The quantitative estimate of drug-likeness (QED) is 0.201. The van der Waals surface area contributed by atoms with Crippen LogP contribution in [0.15, 0.2) is 36.7 Å². The molecule has 0 saturated heterocycles. The molecule has 0 unspecified atom stereocenters. The number of hydrogen-bond donors (Lipinski definition) is 2. The summed E-state index contributed by atoms with van der Waals surface area (Å²) in [6.07, 6.45) is 13.2. The zero-order valence-electron chi connectivity index (χ0n) is 22.0. The number of aromatic nitrogens is 2. The summed E-state index contributed by atoms with van der Waals surface area (Å²) in [7, 11) is 9.75. The minimum absolute atomic E-state index is 0.472. The zero-order valence-corrected chi connectivity index (χ0v) is 25.8. The molecule has 2 rings (SSSR count). The fraction of sp³-hybridized carbons (Fsp3) is 0.538. The first kappa shape index (κ1) is 37.3. The van der Waals surface area contributed by atoms with Gasteiger partial charge in [0.05, 0.1) is 24.6 Å². The summed E-state index contributed by atoms with van der Waals surface area (Å²) in [5, 5.41) is 14.8. The molecule has 2 aromatic rings. The summed E-state index contributed by atoms with van der Waals surface area (Å²) >= 11 is -0.472. The van der Waals surface area contributed by atoms with E-state index in [1.165, 1.54) is 38.5 Å². The third-order valence-electron chi connectivity index (χ3n) is 4.26. The fourth-order valence-electron chi connectivity index (χ4n) is 2.72. The van der Waals surface area contributed by atoms with Gasteiger partial charge in [0, 0.05) is 38.4 Å². The van der Waals surface area contributed by atoms with Crippen LogP contribution in [-0.4, -0.2) is 45.3 Å². The van der Waals surface area contributed by atoms with Crippen molar-refractivity contribution in [1.29, 1.82) is 0 Å². The van der Waals surface area contributed by atoms with E-state index in [1.807, 2.05) is 24.3 Å². The summed E-state index contributed by atoms with van der Waals surface area (Å²) in [6, 6.07) is 7.70. The van der Waals surface area contributed by atoms with Crippen LogP contribution in [0.2, 0.25) is 0 Å². The molecular weight excluding hydrogens is 702 g/mol. The number of nitrogens with zero attached hydrogens (tertiary/aromatic N) is 2. The molecule has 11 heteroatoms. The Bertz CT molecular complexity index is 771. The summed E-state index contributed by atoms with van der Waals surface area (Å²) in [6.45, 7) is 8.09. The van der Waals surface area contributed by atoms with Gasteiger partial charge in [-0.15, -0.1) is 0 Å². The van der Waals surface area contributed by atoms with Crippen LogP contribution < -0.4 is 9.47 Å². The second-order valence-electron chi connectivity index (χ2n) is 7.66. The predicted octanol–water partition coefficient (Wildman–Crippen LogP) is 7.62. The van der Waals surface area contributed by atoms with Gasteiger partial charge in [-0.25, -0.2) is 0 Å². The average molecular weight is 743 g/mol. The van der Waals surface area contributed by atoms with Crippen molar-refractivity contribution < 1.29 is 45.8 Å². The van der Waals surface area contributed by atoms with E-state index in [2.05, 4.69) is 23.8 Å². The van der Waals surface area contributed by atoms with Gasteiger partial charge in [0.2, 0.25) is 0 Å². The number of carboxylic acids is 2. The molecule has 0 bridgehead atoms. The van der Waals surface area contributed by atoms with Crippen molar-refractivity contribution in [3.63, 3.8) is 0 Å². The Balaban J connectivity index is 0. The van der Waals surface area contributed by atoms with Crippen LogP contribution in [0.5, 0.6) is 11.5 Å². The Kier molecular flexibility index (Phi) is 27.3. The third kappa shape index (κ3) is 27.0. The molecule has 8 nitrogen and oxygen atoms in total. The topological polar surface area (TPSA) is 119 Å². The summed E-state index contributed by atoms with van der Waals surface area (Å²) in [4.78, 5) is 26.9. The minimum atomic E-state index is -0.833. The van der Waals surface area contributed by atoms with Crippen LogP contribution in [0, 0.1) is 0 Å². The van der Waals surface area contributed by atoms with Gasteiger partial charge in [0.25, 0.3) is 11.9 Å². The molecule has 0 aliphatic rings. The second-order valence-corrected chi connectivity index (χ2v) is 10.9. The number of pyridine rings is 2. The van der Waals surface area contributed by atoms with Crippen molar-refractivity contribution in [2.75, 3.05) is 13.2 Å². The van der Waals surface area contributed by atoms with E-state index in [1.54, 1.807) is 12.4 Å². The fourth-order valence-corrected chi connectivity index (χ4v) is 2.72. The standard InChI is InChI=1S/C22H32N2O2.2C2H4O2.2ClH.Pt/c1-3-5-7-9-15-25-19-11-13-23-21(17-19)22-18-20(12-14-24-22)26-16-10-8-6-4-2;2*1-2(3)4;;;/h11-14,17-18H,3-10,15-16H2,1-2H3;2*1H3,(H,3,4);2*1H;/q;;;;;+2/p-2. The molecule has 0 atom stereocenters. The third-order valence-corrected chi connectivity index (χ3v) is 4.26. The number of carboxylic acid groups (broad SMARTS) is 2. The Labute approximate surface area is 237 Å². The van der Waals surface area contributed by atoms with E-state index < -0.39 is 28.4 Å². The number of ether oxygens (including phenoxy) is 2. The van der Waals surface area contributed by atoms with Gasteiger partial charge in [-0.1, -0.05) is 52.4 Å².